The van der Waals surface area contributed by atoms with Crippen LogP contribution in [0, 0.1) is 0 Å². The van der Waals surface area contributed by atoms with Crippen LogP contribution in [0.5, 0.6) is 5.75 Å². The molecule has 0 atom stereocenters. The maximum absolute atomic E-state index is 5.67. The van der Waals surface area contributed by atoms with Gasteiger partial charge in [0.15, 0.2) is 0 Å². The van der Waals surface area contributed by atoms with E-state index in [1.165, 1.54) is 16.9 Å². The highest BCUT2D eigenvalue weighted by Crippen LogP contribution is 2.42. The molecule has 0 saturated heterocycles. The van der Waals surface area contributed by atoms with Crippen molar-refractivity contribution in [2.24, 2.45) is 7.05 Å². The van der Waals surface area contributed by atoms with E-state index >= 15 is 0 Å². The van der Waals surface area contributed by atoms with Gasteiger partial charge in [-0.05, 0) is 30.7 Å². The lowest BCUT2D eigenvalue weighted by atomic mass is 10.1. The number of fused-ring (bicyclic) bond motifs is 1. The van der Waals surface area contributed by atoms with Gasteiger partial charge in [0.05, 0.1) is 29.4 Å². The Kier molecular flexibility index (Phi) is 4.38. The number of para-hydroxylation sites is 1. The van der Waals surface area contributed by atoms with Gasteiger partial charge in [-0.3, -0.25) is 0 Å². The van der Waals surface area contributed by atoms with E-state index in [2.05, 4.69) is 61.0 Å². The molecule has 4 heteroatoms. The van der Waals surface area contributed by atoms with Gasteiger partial charge in [-0.15, -0.1) is 0 Å². The summed E-state index contributed by atoms with van der Waals surface area (Å²) < 4.78 is 7.94. The summed E-state index contributed by atoms with van der Waals surface area (Å²) in [6.07, 6.45) is 0.965. The van der Waals surface area contributed by atoms with E-state index in [1.54, 1.807) is 7.11 Å². The average molecular weight is 323 g/mol. The minimum atomic E-state index is 0.905. The molecule has 0 saturated carbocycles. The van der Waals surface area contributed by atoms with Gasteiger partial charge in [0.2, 0.25) is 0 Å². The predicted molar refractivity (Wildman–Crippen MR) is 103 cm³/mol. The second-order valence-corrected chi connectivity index (χ2v) is 6.13. The number of benzene rings is 2. The van der Waals surface area contributed by atoms with Crippen molar-refractivity contribution in [2.75, 3.05) is 31.4 Å². The minimum Gasteiger partial charge on any atom is -0.496 e. The summed E-state index contributed by atoms with van der Waals surface area (Å²) in [7, 11) is 8.04. The van der Waals surface area contributed by atoms with Gasteiger partial charge in [0.25, 0.3) is 0 Å². The normalized spacial score (nSPS) is 10.9. The first-order valence-corrected chi connectivity index (χ1v) is 8.26. The van der Waals surface area contributed by atoms with E-state index < -0.39 is 0 Å². The minimum absolute atomic E-state index is 0.905. The highest BCUT2D eigenvalue weighted by molar-refractivity contribution is 6.06. The van der Waals surface area contributed by atoms with Crippen LogP contribution in [-0.4, -0.2) is 25.8 Å². The van der Waals surface area contributed by atoms with E-state index in [0.717, 1.165) is 28.9 Å². The van der Waals surface area contributed by atoms with Crippen molar-refractivity contribution in [1.82, 2.24) is 4.57 Å². The molecule has 0 fully saturated rings. The standard InChI is InChI=1S/C20H25N3O/c1-6-16-20(22(2)3)18-17(24-5)13-12-15(19(18)23(16)4)21-14-10-8-7-9-11-14/h7-13,21H,6H2,1-5H3. The number of aryl methyl sites for hydroxylation is 1. The molecule has 2 aromatic carbocycles. The van der Waals surface area contributed by atoms with Crippen molar-refractivity contribution < 1.29 is 4.74 Å². The van der Waals surface area contributed by atoms with Crippen LogP contribution in [-0.2, 0) is 13.5 Å². The predicted octanol–water partition coefficient (Wildman–Crippen LogP) is 4.56. The highest BCUT2D eigenvalue weighted by atomic mass is 16.5. The summed E-state index contributed by atoms with van der Waals surface area (Å²) in [6, 6.07) is 14.4. The Balaban J connectivity index is 2.29. The number of nitrogens with zero attached hydrogens (tertiary/aromatic N) is 2. The molecule has 0 bridgehead atoms. The van der Waals surface area contributed by atoms with Gasteiger partial charge in [0, 0.05) is 32.5 Å². The van der Waals surface area contributed by atoms with Crippen molar-refractivity contribution >= 4 is 28.0 Å². The third-order valence-electron chi connectivity index (χ3n) is 4.44. The summed E-state index contributed by atoms with van der Waals surface area (Å²) in [6.45, 7) is 2.19. The fourth-order valence-electron chi connectivity index (χ4n) is 3.42. The maximum Gasteiger partial charge on any atom is 0.130 e. The van der Waals surface area contributed by atoms with Crippen molar-refractivity contribution in [3.05, 3.63) is 48.2 Å². The largest absolute Gasteiger partial charge is 0.496 e. The first-order valence-electron chi connectivity index (χ1n) is 8.26. The van der Waals surface area contributed by atoms with Crippen LogP contribution >= 0.6 is 0 Å². The molecule has 24 heavy (non-hydrogen) atoms. The Hall–Kier alpha value is -2.62. The number of aromatic nitrogens is 1. The maximum atomic E-state index is 5.67. The Labute approximate surface area is 143 Å². The molecule has 0 aliphatic rings. The van der Waals surface area contributed by atoms with Crippen molar-refractivity contribution in [2.45, 2.75) is 13.3 Å². The van der Waals surface area contributed by atoms with Crippen LogP contribution in [0.4, 0.5) is 17.1 Å². The first kappa shape index (κ1) is 16.2. The molecule has 3 aromatic rings. The van der Waals surface area contributed by atoms with Crippen LogP contribution in [0.25, 0.3) is 10.9 Å². The van der Waals surface area contributed by atoms with Gasteiger partial charge in [-0.1, -0.05) is 25.1 Å². The number of hydrogen-bond donors (Lipinski definition) is 1. The molecule has 0 unspecified atom stereocenters. The Morgan fingerprint density at radius 2 is 1.79 bits per heavy atom. The molecule has 1 aromatic heterocycles. The third-order valence-corrected chi connectivity index (χ3v) is 4.44. The van der Waals surface area contributed by atoms with Crippen molar-refractivity contribution in [3.8, 4) is 5.75 Å². The van der Waals surface area contributed by atoms with Crippen LogP contribution < -0.4 is 15.0 Å². The highest BCUT2D eigenvalue weighted by Gasteiger charge is 2.21. The summed E-state index contributed by atoms with van der Waals surface area (Å²) in [5.74, 6) is 0.905. The summed E-state index contributed by atoms with van der Waals surface area (Å²) >= 11 is 0. The Morgan fingerprint density at radius 1 is 1.08 bits per heavy atom. The summed E-state index contributed by atoms with van der Waals surface area (Å²) in [5.41, 5.74) is 5.86. The van der Waals surface area contributed by atoms with E-state index in [-0.39, 0.29) is 0 Å². The molecule has 4 nitrogen and oxygen atoms in total. The number of methoxy groups -OCH3 is 1. The average Bonchev–Trinajstić information content (AvgIpc) is 2.89. The third kappa shape index (κ3) is 2.58. The van der Waals surface area contributed by atoms with E-state index in [0.29, 0.717) is 0 Å². The zero-order valence-corrected chi connectivity index (χ0v) is 15.1. The molecule has 0 aliphatic heterocycles. The SMILES string of the molecule is CCc1c(N(C)C)c2c(OC)ccc(Nc3ccccc3)c2n1C. The number of hydrogen-bond acceptors (Lipinski definition) is 3. The number of rotatable bonds is 5. The number of nitrogens with one attached hydrogen (secondary N) is 1. The van der Waals surface area contributed by atoms with Gasteiger partial charge in [-0.2, -0.15) is 0 Å². The second-order valence-electron chi connectivity index (χ2n) is 6.13. The number of ether oxygens (including phenoxy) is 1. The van der Waals surface area contributed by atoms with Gasteiger partial charge in [-0.25, -0.2) is 0 Å². The molecule has 0 aliphatic carbocycles. The lowest BCUT2D eigenvalue weighted by Crippen LogP contribution is -2.11. The molecule has 0 spiro atoms. The lowest BCUT2D eigenvalue weighted by molar-refractivity contribution is 0.420. The first-order chi connectivity index (χ1) is 11.6. The molecule has 1 heterocycles. The molecule has 1 N–H and O–H groups in total. The van der Waals surface area contributed by atoms with Crippen LogP contribution in [0.3, 0.4) is 0 Å². The zero-order valence-electron chi connectivity index (χ0n) is 15.1. The van der Waals surface area contributed by atoms with Gasteiger partial charge < -0.3 is 19.5 Å². The smallest absolute Gasteiger partial charge is 0.130 e. The monoisotopic (exact) mass is 323 g/mol. The Morgan fingerprint density at radius 3 is 2.38 bits per heavy atom. The van der Waals surface area contributed by atoms with Crippen LogP contribution in [0.1, 0.15) is 12.6 Å². The van der Waals surface area contributed by atoms with E-state index in [1.807, 2.05) is 24.3 Å². The fraction of sp³-hybridized carbons (Fsp3) is 0.300. The summed E-state index contributed by atoms with van der Waals surface area (Å²) in [4.78, 5) is 2.18. The second kappa shape index (κ2) is 6.48. The van der Waals surface area contributed by atoms with Crippen molar-refractivity contribution in [1.29, 1.82) is 0 Å². The van der Waals surface area contributed by atoms with Gasteiger partial charge >= 0.3 is 0 Å². The molecule has 0 amide bonds. The molecular weight excluding hydrogens is 298 g/mol. The van der Waals surface area contributed by atoms with Crippen LogP contribution in [0.15, 0.2) is 42.5 Å². The molecule has 3 rings (SSSR count). The van der Waals surface area contributed by atoms with E-state index in [4.69, 9.17) is 4.74 Å². The molecule has 0 radical (unpaired) electrons. The van der Waals surface area contributed by atoms with Gasteiger partial charge in [0.1, 0.15) is 5.75 Å². The fourth-order valence-corrected chi connectivity index (χ4v) is 3.42. The zero-order chi connectivity index (χ0) is 17.3. The molecular formula is C20H25N3O. The quantitative estimate of drug-likeness (QED) is 0.746. The topological polar surface area (TPSA) is 29.4 Å². The number of anilines is 3. The van der Waals surface area contributed by atoms with Crippen LogP contribution in [0.2, 0.25) is 0 Å². The molecule has 126 valence electrons. The van der Waals surface area contributed by atoms with E-state index in [9.17, 15) is 0 Å². The summed E-state index contributed by atoms with van der Waals surface area (Å²) in [5, 5.41) is 4.70. The Bertz CT molecular complexity index is 850. The lowest BCUT2D eigenvalue weighted by Gasteiger charge is -2.15. The van der Waals surface area contributed by atoms with Crippen molar-refractivity contribution in [3.63, 3.8) is 0 Å².